The first kappa shape index (κ1) is 13.0. The van der Waals surface area contributed by atoms with Gasteiger partial charge in [0.15, 0.2) is 0 Å². The van der Waals surface area contributed by atoms with Crippen LogP contribution in [0.4, 0.5) is 0 Å². The fraction of sp³-hybridized carbons (Fsp3) is 0.533. The lowest BCUT2D eigenvalue weighted by molar-refractivity contribution is -0.130. The van der Waals surface area contributed by atoms with Gasteiger partial charge in [-0.3, -0.25) is 10.1 Å². The van der Waals surface area contributed by atoms with Crippen molar-refractivity contribution in [2.24, 2.45) is 5.92 Å². The maximum Gasteiger partial charge on any atom is 0.241 e. The smallest absolute Gasteiger partial charge is 0.241 e. The van der Waals surface area contributed by atoms with Gasteiger partial charge >= 0.3 is 0 Å². The van der Waals surface area contributed by atoms with Gasteiger partial charge in [-0.25, -0.2) is 0 Å². The second-order valence-corrected chi connectivity index (χ2v) is 6.38. The van der Waals surface area contributed by atoms with Gasteiger partial charge in [0.25, 0.3) is 0 Å². The molecule has 19 heavy (non-hydrogen) atoms. The summed E-state index contributed by atoms with van der Waals surface area (Å²) < 4.78 is 0. The van der Waals surface area contributed by atoms with Crippen molar-refractivity contribution >= 4 is 17.7 Å². The van der Waals surface area contributed by atoms with E-state index in [9.17, 15) is 4.79 Å². The maximum absolute atomic E-state index is 12.2. The Morgan fingerprint density at radius 2 is 2.00 bits per heavy atom. The van der Waals surface area contributed by atoms with Crippen LogP contribution >= 0.6 is 11.8 Å². The van der Waals surface area contributed by atoms with E-state index < -0.39 is 0 Å². The standard InChI is InChI=1S/C15H20N2OS/c1-10-15(18)17(9-11-3-4-11)14(16-10)12-5-7-13(19-2)8-6-12/h5-8,10-11,14,16H,3-4,9H2,1-2H3. The summed E-state index contributed by atoms with van der Waals surface area (Å²) in [6, 6.07) is 8.46. The van der Waals surface area contributed by atoms with Gasteiger partial charge in [-0.1, -0.05) is 12.1 Å². The van der Waals surface area contributed by atoms with E-state index in [0.29, 0.717) is 0 Å². The molecule has 1 saturated carbocycles. The van der Waals surface area contributed by atoms with Crippen LogP contribution in [0.25, 0.3) is 0 Å². The van der Waals surface area contributed by atoms with Crippen LogP contribution < -0.4 is 5.32 Å². The molecular formula is C15H20N2OS. The quantitative estimate of drug-likeness (QED) is 0.858. The lowest BCUT2D eigenvalue weighted by Gasteiger charge is -2.24. The van der Waals surface area contributed by atoms with Crippen molar-refractivity contribution in [2.45, 2.75) is 36.9 Å². The number of hydrogen-bond acceptors (Lipinski definition) is 3. The molecule has 0 radical (unpaired) electrons. The lowest BCUT2D eigenvalue weighted by Crippen LogP contribution is -2.32. The van der Waals surface area contributed by atoms with Gasteiger partial charge in [-0.2, -0.15) is 0 Å². The summed E-state index contributed by atoms with van der Waals surface area (Å²) in [5.41, 5.74) is 1.19. The Balaban J connectivity index is 1.81. The van der Waals surface area contributed by atoms with E-state index in [-0.39, 0.29) is 18.1 Å². The monoisotopic (exact) mass is 276 g/mol. The third-order valence-corrected chi connectivity index (χ3v) is 4.70. The maximum atomic E-state index is 12.2. The van der Waals surface area contributed by atoms with E-state index in [1.54, 1.807) is 11.8 Å². The fourth-order valence-corrected chi connectivity index (χ4v) is 3.02. The van der Waals surface area contributed by atoms with Crippen molar-refractivity contribution in [1.82, 2.24) is 10.2 Å². The Morgan fingerprint density at radius 1 is 1.32 bits per heavy atom. The van der Waals surface area contributed by atoms with Crippen LogP contribution in [0.1, 0.15) is 31.5 Å². The van der Waals surface area contributed by atoms with Crippen molar-refractivity contribution in [3.8, 4) is 0 Å². The molecule has 0 bridgehead atoms. The largest absolute Gasteiger partial charge is 0.321 e. The number of nitrogens with zero attached hydrogens (tertiary/aromatic N) is 1. The number of rotatable bonds is 4. The first-order valence-electron chi connectivity index (χ1n) is 6.89. The van der Waals surface area contributed by atoms with Crippen molar-refractivity contribution < 1.29 is 4.79 Å². The van der Waals surface area contributed by atoms with Crippen molar-refractivity contribution in [3.05, 3.63) is 29.8 Å². The molecule has 2 aliphatic rings. The third-order valence-electron chi connectivity index (χ3n) is 3.96. The predicted molar refractivity (Wildman–Crippen MR) is 78.0 cm³/mol. The van der Waals surface area contributed by atoms with Crippen LogP contribution in [0.2, 0.25) is 0 Å². The van der Waals surface area contributed by atoms with Gasteiger partial charge in [0.2, 0.25) is 5.91 Å². The molecule has 2 atom stereocenters. The first-order valence-corrected chi connectivity index (χ1v) is 8.12. The second-order valence-electron chi connectivity index (χ2n) is 5.50. The van der Waals surface area contributed by atoms with Crippen molar-refractivity contribution in [2.75, 3.05) is 12.8 Å². The van der Waals surface area contributed by atoms with Gasteiger partial charge in [0.1, 0.15) is 6.17 Å². The number of nitrogens with one attached hydrogen (secondary N) is 1. The minimum absolute atomic E-state index is 0.0546. The van der Waals surface area contributed by atoms with Gasteiger partial charge in [-0.15, -0.1) is 11.8 Å². The van der Waals surface area contributed by atoms with Crippen molar-refractivity contribution in [3.63, 3.8) is 0 Å². The van der Waals surface area contributed by atoms with Crippen LogP contribution in [-0.4, -0.2) is 29.6 Å². The highest BCUT2D eigenvalue weighted by atomic mass is 32.2. The molecule has 1 aromatic rings. The molecule has 1 aliphatic carbocycles. The molecule has 2 unspecified atom stereocenters. The average molecular weight is 276 g/mol. The predicted octanol–water partition coefficient (Wildman–Crippen LogP) is 2.64. The molecular weight excluding hydrogens is 256 g/mol. The van der Waals surface area contributed by atoms with Crippen LogP contribution in [0, 0.1) is 5.92 Å². The van der Waals surface area contributed by atoms with Gasteiger partial charge in [0, 0.05) is 11.4 Å². The molecule has 1 aromatic carbocycles. The molecule has 3 nitrogen and oxygen atoms in total. The molecule has 1 aliphatic heterocycles. The van der Waals surface area contributed by atoms with Crippen LogP contribution in [0.15, 0.2) is 29.2 Å². The van der Waals surface area contributed by atoms with Gasteiger partial charge in [-0.05, 0) is 49.6 Å². The summed E-state index contributed by atoms with van der Waals surface area (Å²) in [5.74, 6) is 0.967. The number of hydrogen-bond donors (Lipinski definition) is 1. The molecule has 0 spiro atoms. The van der Waals surface area contributed by atoms with E-state index in [1.807, 2.05) is 11.8 Å². The molecule has 0 aromatic heterocycles. The summed E-state index contributed by atoms with van der Waals surface area (Å²) in [6.45, 7) is 2.86. The summed E-state index contributed by atoms with van der Waals surface area (Å²) in [7, 11) is 0. The third kappa shape index (κ3) is 2.65. The molecule has 1 N–H and O–H groups in total. The number of carbonyl (C=O) groups is 1. The Bertz CT molecular complexity index is 470. The van der Waals surface area contributed by atoms with Crippen molar-refractivity contribution in [1.29, 1.82) is 0 Å². The fourth-order valence-electron chi connectivity index (χ4n) is 2.61. The van der Waals surface area contributed by atoms with Crippen LogP contribution in [0.3, 0.4) is 0 Å². The molecule has 3 rings (SSSR count). The number of amides is 1. The highest BCUT2D eigenvalue weighted by Gasteiger charge is 2.39. The Labute approximate surface area is 118 Å². The lowest BCUT2D eigenvalue weighted by atomic mass is 10.1. The number of thioether (sulfide) groups is 1. The normalized spacial score (nSPS) is 27.1. The van der Waals surface area contributed by atoms with Gasteiger partial charge in [0.05, 0.1) is 6.04 Å². The Hall–Kier alpha value is -1.00. The highest BCUT2D eigenvalue weighted by Crippen LogP contribution is 2.34. The zero-order chi connectivity index (χ0) is 13.4. The minimum atomic E-state index is -0.0658. The van der Waals surface area contributed by atoms with Crippen LogP contribution in [-0.2, 0) is 4.79 Å². The molecule has 1 heterocycles. The second kappa shape index (κ2) is 5.17. The highest BCUT2D eigenvalue weighted by molar-refractivity contribution is 7.98. The topological polar surface area (TPSA) is 32.3 Å². The van der Waals surface area contributed by atoms with E-state index in [2.05, 4.69) is 35.8 Å². The van der Waals surface area contributed by atoms with Crippen LogP contribution in [0.5, 0.6) is 0 Å². The Morgan fingerprint density at radius 3 is 2.58 bits per heavy atom. The van der Waals surface area contributed by atoms with Gasteiger partial charge < -0.3 is 4.90 Å². The first-order chi connectivity index (χ1) is 9.19. The Kier molecular flexibility index (Phi) is 3.54. The average Bonchev–Trinajstić information content (AvgIpc) is 3.21. The number of benzene rings is 1. The number of carbonyl (C=O) groups excluding carboxylic acids is 1. The SMILES string of the molecule is CSc1ccc(C2NC(C)C(=O)N2CC2CC2)cc1. The van der Waals surface area contributed by atoms with E-state index in [0.717, 1.165) is 12.5 Å². The summed E-state index contributed by atoms with van der Waals surface area (Å²) in [4.78, 5) is 15.5. The molecule has 4 heteroatoms. The minimum Gasteiger partial charge on any atom is -0.321 e. The summed E-state index contributed by atoms with van der Waals surface area (Å²) >= 11 is 1.74. The molecule has 1 amide bonds. The molecule has 2 fully saturated rings. The zero-order valence-corrected chi connectivity index (χ0v) is 12.2. The van der Waals surface area contributed by atoms with E-state index >= 15 is 0 Å². The molecule has 1 saturated heterocycles. The summed E-state index contributed by atoms with van der Waals surface area (Å²) in [6.07, 6.45) is 4.68. The zero-order valence-electron chi connectivity index (χ0n) is 11.4. The summed E-state index contributed by atoms with van der Waals surface area (Å²) in [5, 5.41) is 3.41. The molecule has 102 valence electrons. The van der Waals surface area contributed by atoms with E-state index in [4.69, 9.17) is 0 Å². The van der Waals surface area contributed by atoms with E-state index in [1.165, 1.54) is 23.3 Å².